The second-order valence-electron chi connectivity index (χ2n) is 11.7. The van der Waals surface area contributed by atoms with Crippen molar-refractivity contribution in [2.75, 3.05) is 0 Å². The Kier molecular flexibility index (Phi) is 11.9. The summed E-state index contributed by atoms with van der Waals surface area (Å²) in [6, 6.07) is 19.0. The molecule has 2 saturated heterocycles. The molecule has 0 bridgehead atoms. The molecular formula is C36H44O2Y-2. The van der Waals surface area contributed by atoms with Gasteiger partial charge in [-0.05, 0) is 48.3 Å². The second-order valence-corrected chi connectivity index (χ2v) is 11.7. The smallest absolute Gasteiger partial charge is 0.120 e. The molecule has 10 atom stereocenters. The van der Waals surface area contributed by atoms with Crippen LogP contribution >= 0.6 is 0 Å². The Labute approximate surface area is 263 Å². The molecule has 4 rings (SSSR count). The third-order valence-electron chi connectivity index (χ3n) is 9.53. The summed E-state index contributed by atoms with van der Waals surface area (Å²) in [5.41, 5.74) is 3.93. The molecule has 2 aromatic rings. The fraction of sp³-hybridized carbons (Fsp3) is 0.556. The first-order valence-electron chi connectivity index (χ1n) is 14.6. The van der Waals surface area contributed by atoms with E-state index in [2.05, 4.69) is 115 Å². The first kappa shape index (κ1) is 32.1. The summed E-state index contributed by atoms with van der Waals surface area (Å²) >= 11 is 0. The van der Waals surface area contributed by atoms with Gasteiger partial charge >= 0.3 is 0 Å². The predicted molar refractivity (Wildman–Crippen MR) is 156 cm³/mol. The topological polar surface area (TPSA) is 18.5 Å². The van der Waals surface area contributed by atoms with Gasteiger partial charge in [0.2, 0.25) is 0 Å². The second kappa shape index (κ2) is 14.5. The third kappa shape index (κ3) is 7.46. The first-order chi connectivity index (χ1) is 18.2. The van der Waals surface area contributed by atoms with Crippen LogP contribution in [0.1, 0.15) is 79.4 Å². The zero-order chi connectivity index (χ0) is 27.4. The Morgan fingerprint density at radius 2 is 0.974 bits per heavy atom. The Morgan fingerprint density at radius 3 is 1.28 bits per heavy atom. The SMILES string of the molecule is CC[C@H]1O[C@H](C#Cc2c[c-]c(-c3[c-]cc(C#C[C@H]4O[C@H](CC)[C@@H](C)[C@H](C)[C@@H]4C)cc3)cc2)[C@@H](C)[C@@H](C)[C@@H]1C.[Y]. The van der Waals surface area contributed by atoms with Crippen LogP contribution in [0.4, 0.5) is 0 Å². The fourth-order valence-electron chi connectivity index (χ4n) is 5.97. The Hall–Kier alpha value is -1.42. The van der Waals surface area contributed by atoms with E-state index in [0.29, 0.717) is 35.5 Å². The largest absolute Gasteiger partial charge is 0.362 e. The summed E-state index contributed by atoms with van der Waals surface area (Å²) in [5.74, 6) is 16.6. The van der Waals surface area contributed by atoms with Crippen molar-refractivity contribution in [3.05, 3.63) is 59.7 Å². The molecule has 1 radical (unpaired) electrons. The van der Waals surface area contributed by atoms with Gasteiger partial charge in [0.25, 0.3) is 0 Å². The van der Waals surface area contributed by atoms with Gasteiger partial charge in [-0.3, -0.25) is 0 Å². The van der Waals surface area contributed by atoms with Gasteiger partial charge in [-0.1, -0.05) is 78.4 Å². The van der Waals surface area contributed by atoms with Gasteiger partial charge < -0.3 is 9.47 Å². The van der Waals surface area contributed by atoms with E-state index in [1.807, 2.05) is 12.1 Å². The number of rotatable bonds is 3. The number of hydrogen-bond donors (Lipinski definition) is 0. The van der Waals surface area contributed by atoms with Crippen LogP contribution in [0.2, 0.25) is 0 Å². The van der Waals surface area contributed by atoms with E-state index in [4.69, 9.17) is 9.47 Å². The summed E-state index contributed by atoms with van der Waals surface area (Å²) in [4.78, 5) is 0. The van der Waals surface area contributed by atoms with Crippen molar-refractivity contribution in [2.45, 2.75) is 92.6 Å². The molecule has 205 valence electrons. The normalized spacial score (nSPS) is 34.1. The molecular weight excluding hydrogens is 553 g/mol. The van der Waals surface area contributed by atoms with Gasteiger partial charge in [0.1, 0.15) is 12.2 Å². The minimum absolute atomic E-state index is 0. The molecule has 2 nitrogen and oxygen atoms in total. The molecule has 2 aromatic carbocycles. The maximum atomic E-state index is 6.33. The summed E-state index contributed by atoms with van der Waals surface area (Å²) in [7, 11) is 0. The molecule has 2 heterocycles. The van der Waals surface area contributed by atoms with Crippen LogP contribution in [-0.4, -0.2) is 24.4 Å². The molecule has 2 fully saturated rings. The quantitative estimate of drug-likeness (QED) is 0.265. The Balaban J connectivity index is 0.00000420. The van der Waals surface area contributed by atoms with Crippen LogP contribution in [0.5, 0.6) is 0 Å². The number of benzene rings is 2. The average molecular weight is 598 g/mol. The summed E-state index contributed by atoms with van der Waals surface area (Å²) in [5, 5.41) is 0. The van der Waals surface area contributed by atoms with Crippen LogP contribution < -0.4 is 0 Å². The predicted octanol–water partition coefficient (Wildman–Crippen LogP) is 7.83. The van der Waals surface area contributed by atoms with Crippen LogP contribution in [-0.2, 0) is 42.2 Å². The molecule has 39 heavy (non-hydrogen) atoms. The van der Waals surface area contributed by atoms with E-state index in [0.717, 1.165) is 35.1 Å². The zero-order valence-electron chi connectivity index (χ0n) is 25.0. The van der Waals surface area contributed by atoms with Crippen molar-refractivity contribution >= 4 is 0 Å². The van der Waals surface area contributed by atoms with Crippen molar-refractivity contribution in [2.24, 2.45) is 35.5 Å². The van der Waals surface area contributed by atoms with Gasteiger partial charge in [0.05, 0.1) is 12.2 Å². The summed E-state index contributed by atoms with van der Waals surface area (Å²) in [6.45, 7) is 18.2. The van der Waals surface area contributed by atoms with Gasteiger partial charge in [0.15, 0.2) is 0 Å². The molecule has 3 heteroatoms. The van der Waals surface area contributed by atoms with Crippen molar-refractivity contribution in [3.63, 3.8) is 0 Å². The maximum absolute atomic E-state index is 6.33. The molecule has 0 N–H and O–H groups in total. The van der Waals surface area contributed by atoms with E-state index in [-0.39, 0.29) is 57.1 Å². The fourth-order valence-corrected chi connectivity index (χ4v) is 5.97. The average Bonchev–Trinajstić information content (AvgIpc) is 2.94. The molecule has 0 saturated carbocycles. The monoisotopic (exact) mass is 597 g/mol. The maximum Gasteiger partial charge on any atom is 0.120 e. The molecule has 2 aliphatic rings. The number of hydrogen-bond acceptors (Lipinski definition) is 2. The van der Waals surface area contributed by atoms with Crippen LogP contribution in [0.15, 0.2) is 36.4 Å². The molecule has 0 aromatic heterocycles. The zero-order valence-corrected chi connectivity index (χ0v) is 27.9. The van der Waals surface area contributed by atoms with Gasteiger partial charge in [-0.2, -0.15) is 24.3 Å². The van der Waals surface area contributed by atoms with Gasteiger partial charge in [-0.25, -0.2) is 11.1 Å². The van der Waals surface area contributed by atoms with Gasteiger partial charge in [0, 0.05) is 32.7 Å². The first-order valence-corrected chi connectivity index (χ1v) is 14.6. The van der Waals surface area contributed by atoms with Crippen LogP contribution in [0.25, 0.3) is 11.1 Å². The van der Waals surface area contributed by atoms with Crippen molar-refractivity contribution in [1.82, 2.24) is 0 Å². The summed E-state index contributed by atoms with van der Waals surface area (Å²) in [6.07, 6.45) is 2.60. The molecule has 0 unspecified atom stereocenters. The van der Waals surface area contributed by atoms with E-state index in [9.17, 15) is 0 Å². The molecule has 0 aliphatic carbocycles. The van der Waals surface area contributed by atoms with Crippen molar-refractivity contribution in [3.8, 4) is 34.8 Å². The number of ether oxygens (including phenoxy) is 2. The minimum Gasteiger partial charge on any atom is -0.362 e. The van der Waals surface area contributed by atoms with E-state index < -0.39 is 0 Å². The molecule has 0 spiro atoms. The Bertz CT molecular complexity index is 1080. The van der Waals surface area contributed by atoms with E-state index in [1.165, 1.54) is 0 Å². The van der Waals surface area contributed by atoms with Crippen LogP contribution in [0, 0.1) is 71.3 Å². The van der Waals surface area contributed by atoms with Crippen molar-refractivity contribution < 1.29 is 42.2 Å². The molecule has 0 amide bonds. The Morgan fingerprint density at radius 1 is 0.590 bits per heavy atom. The molecule has 2 aliphatic heterocycles. The van der Waals surface area contributed by atoms with Crippen LogP contribution in [0.3, 0.4) is 0 Å². The third-order valence-corrected chi connectivity index (χ3v) is 9.53. The van der Waals surface area contributed by atoms with Crippen molar-refractivity contribution in [1.29, 1.82) is 0 Å². The van der Waals surface area contributed by atoms with Gasteiger partial charge in [-0.15, -0.1) is 36.1 Å². The minimum atomic E-state index is -0.0192. The summed E-state index contributed by atoms with van der Waals surface area (Å²) < 4.78 is 12.7. The standard InChI is InChI=1S/C36H44O2.Y/c1-9-33-25(5)23(3)27(7)35(37-33)21-15-29-11-17-31(18-12-29)32-19-13-30(14-20-32)16-22-36-28(8)24(4)26(6)34(10-2)38-36;/h11-14,17,19,23-28,33-36H,9-10H2,1-8H3;/q-2;/t23-,24-,25-,26-,27-,28-,33+,34+,35+,36+;/m0./s1. The van der Waals surface area contributed by atoms with E-state index in [1.54, 1.807) is 0 Å². The van der Waals surface area contributed by atoms with E-state index >= 15 is 0 Å².